The Hall–Kier alpha value is -1.26. The van der Waals surface area contributed by atoms with Gasteiger partial charge in [0.15, 0.2) is 0 Å². The van der Waals surface area contributed by atoms with Gasteiger partial charge in [0.2, 0.25) is 5.91 Å². The van der Waals surface area contributed by atoms with Gasteiger partial charge < -0.3 is 15.4 Å². The maximum Gasteiger partial charge on any atom is 0.408 e. The third-order valence-electron chi connectivity index (χ3n) is 2.72. The molecule has 118 valence electrons. The summed E-state index contributed by atoms with van der Waals surface area (Å²) in [6.07, 6.45) is 0.885. The van der Waals surface area contributed by atoms with Crippen molar-refractivity contribution >= 4 is 12.0 Å². The molecule has 2 unspecified atom stereocenters. The number of amides is 2. The standard InChI is InChI=1S/C15H30N2O3/c1-8-11(4)16-13(18)12(9-10(2)3)17-14(19)20-15(5,6)7/h10-12H,8-9H2,1-7H3,(H,16,18)(H,17,19). The van der Waals surface area contributed by atoms with Gasteiger partial charge in [-0.2, -0.15) is 0 Å². The Morgan fingerprint density at radius 3 is 2.05 bits per heavy atom. The Bertz CT molecular complexity index is 322. The molecule has 0 aromatic heterocycles. The molecule has 0 radical (unpaired) electrons. The van der Waals surface area contributed by atoms with Crippen LogP contribution in [0.25, 0.3) is 0 Å². The number of carbonyl (C=O) groups excluding carboxylic acids is 2. The monoisotopic (exact) mass is 286 g/mol. The first-order valence-electron chi connectivity index (χ1n) is 7.35. The zero-order valence-corrected chi connectivity index (χ0v) is 13.9. The SMILES string of the molecule is CCC(C)NC(=O)C(CC(C)C)NC(=O)OC(C)(C)C. The van der Waals surface area contributed by atoms with Crippen LogP contribution in [-0.2, 0) is 9.53 Å². The van der Waals surface area contributed by atoms with Gasteiger partial charge in [-0.3, -0.25) is 4.79 Å². The van der Waals surface area contributed by atoms with Crippen molar-refractivity contribution in [3.05, 3.63) is 0 Å². The van der Waals surface area contributed by atoms with E-state index in [-0.39, 0.29) is 11.9 Å². The highest BCUT2D eigenvalue weighted by molar-refractivity contribution is 5.85. The summed E-state index contributed by atoms with van der Waals surface area (Å²) in [5.41, 5.74) is -0.570. The van der Waals surface area contributed by atoms with Crippen LogP contribution in [0.5, 0.6) is 0 Å². The molecule has 5 nitrogen and oxygen atoms in total. The van der Waals surface area contributed by atoms with Gasteiger partial charge in [0.05, 0.1) is 0 Å². The quantitative estimate of drug-likeness (QED) is 0.789. The lowest BCUT2D eigenvalue weighted by molar-refractivity contribution is -0.124. The zero-order valence-electron chi connectivity index (χ0n) is 13.9. The van der Waals surface area contributed by atoms with E-state index in [4.69, 9.17) is 4.74 Å². The molecule has 0 aliphatic rings. The van der Waals surface area contributed by atoms with Crippen molar-refractivity contribution in [2.24, 2.45) is 5.92 Å². The first-order chi connectivity index (χ1) is 9.05. The lowest BCUT2D eigenvalue weighted by Crippen LogP contribution is -2.50. The van der Waals surface area contributed by atoms with Gasteiger partial charge in [0.1, 0.15) is 11.6 Å². The lowest BCUT2D eigenvalue weighted by Gasteiger charge is -2.25. The normalized spacial score (nSPS) is 14.6. The van der Waals surface area contributed by atoms with E-state index >= 15 is 0 Å². The van der Waals surface area contributed by atoms with Crippen LogP contribution in [0.15, 0.2) is 0 Å². The second-order valence-electron chi connectivity index (χ2n) is 6.65. The molecule has 0 aromatic carbocycles. The van der Waals surface area contributed by atoms with E-state index in [1.807, 2.05) is 27.7 Å². The fraction of sp³-hybridized carbons (Fsp3) is 0.867. The van der Waals surface area contributed by atoms with Crippen molar-refractivity contribution in [3.63, 3.8) is 0 Å². The molecule has 0 rings (SSSR count). The first kappa shape index (κ1) is 18.7. The molecule has 0 fully saturated rings. The van der Waals surface area contributed by atoms with Gasteiger partial charge in [-0.25, -0.2) is 4.79 Å². The number of alkyl carbamates (subject to hydrolysis) is 1. The second kappa shape index (κ2) is 8.12. The summed E-state index contributed by atoms with van der Waals surface area (Å²) in [6.45, 7) is 13.4. The first-order valence-corrected chi connectivity index (χ1v) is 7.35. The molecule has 0 saturated heterocycles. The van der Waals surface area contributed by atoms with Gasteiger partial charge in [-0.15, -0.1) is 0 Å². The Balaban J connectivity index is 4.63. The minimum absolute atomic E-state index is 0.0950. The number of nitrogens with one attached hydrogen (secondary N) is 2. The van der Waals surface area contributed by atoms with E-state index < -0.39 is 17.7 Å². The molecular weight excluding hydrogens is 256 g/mol. The van der Waals surface area contributed by atoms with E-state index in [1.54, 1.807) is 20.8 Å². The van der Waals surface area contributed by atoms with Crippen molar-refractivity contribution in [1.82, 2.24) is 10.6 Å². The topological polar surface area (TPSA) is 67.4 Å². The minimum Gasteiger partial charge on any atom is -0.444 e. The van der Waals surface area contributed by atoms with Gasteiger partial charge >= 0.3 is 6.09 Å². The highest BCUT2D eigenvalue weighted by Crippen LogP contribution is 2.10. The zero-order chi connectivity index (χ0) is 15.9. The average molecular weight is 286 g/mol. The van der Waals surface area contributed by atoms with Crippen LogP contribution < -0.4 is 10.6 Å². The maximum atomic E-state index is 12.2. The fourth-order valence-electron chi connectivity index (χ4n) is 1.60. The summed E-state index contributed by atoms with van der Waals surface area (Å²) in [5.74, 6) is 0.150. The van der Waals surface area contributed by atoms with Crippen molar-refractivity contribution in [1.29, 1.82) is 0 Å². The Kier molecular flexibility index (Phi) is 7.61. The molecule has 20 heavy (non-hydrogen) atoms. The summed E-state index contributed by atoms with van der Waals surface area (Å²) >= 11 is 0. The average Bonchev–Trinajstić information content (AvgIpc) is 2.24. The molecule has 2 N–H and O–H groups in total. The van der Waals surface area contributed by atoms with E-state index in [0.29, 0.717) is 12.3 Å². The van der Waals surface area contributed by atoms with Gasteiger partial charge in [0, 0.05) is 6.04 Å². The van der Waals surface area contributed by atoms with Crippen molar-refractivity contribution in [3.8, 4) is 0 Å². The fourth-order valence-corrected chi connectivity index (χ4v) is 1.60. The number of carbonyl (C=O) groups is 2. The van der Waals surface area contributed by atoms with Crippen molar-refractivity contribution < 1.29 is 14.3 Å². The Morgan fingerprint density at radius 1 is 1.10 bits per heavy atom. The molecular formula is C15H30N2O3. The Morgan fingerprint density at radius 2 is 1.65 bits per heavy atom. The predicted octanol–water partition coefficient (Wildman–Crippen LogP) is 2.84. The molecule has 0 saturated carbocycles. The van der Waals surface area contributed by atoms with Crippen LogP contribution in [-0.4, -0.2) is 29.7 Å². The van der Waals surface area contributed by atoms with Crippen LogP contribution in [0.3, 0.4) is 0 Å². The van der Waals surface area contributed by atoms with Crippen molar-refractivity contribution in [2.75, 3.05) is 0 Å². The molecule has 0 aliphatic carbocycles. The maximum absolute atomic E-state index is 12.2. The molecule has 0 aliphatic heterocycles. The van der Waals surface area contributed by atoms with E-state index in [0.717, 1.165) is 6.42 Å². The van der Waals surface area contributed by atoms with Gasteiger partial charge in [-0.1, -0.05) is 20.8 Å². The van der Waals surface area contributed by atoms with E-state index in [1.165, 1.54) is 0 Å². The summed E-state index contributed by atoms with van der Waals surface area (Å²) < 4.78 is 5.20. The third kappa shape index (κ3) is 8.77. The molecule has 0 aromatic rings. The van der Waals surface area contributed by atoms with Gasteiger partial charge in [-0.05, 0) is 46.5 Å². The number of hydrogen-bond donors (Lipinski definition) is 2. The molecule has 2 atom stereocenters. The molecule has 0 heterocycles. The smallest absolute Gasteiger partial charge is 0.408 e. The summed E-state index contributed by atoms with van der Waals surface area (Å²) in [4.78, 5) is 24.0. The van der Waals surface area contributed by atoms with E-state index in [9.17, 15) is 9.59 Å². The molecule has 2 amide bonds. The second-order valence-corrected chi connectivity index (χ2v) is 6.65. The number of rotatable bonds is 6. The highest BCUT2D eigenvalue weighted by Gasteiger charge is 2.25. The lowest BCUT2D eigenvalue weighted by atomic mass is 10.0. The van der Waals surface area contributed by atoms with Crippen LogP contribution in [0, 0.1) is 5.92 Å². The van der Waals surface area contributed by atoms with Crippen molar-refractivity contribution in [2.45, 2.75) is 79.0 Å². The third-order valence-corrected chi connectivity index (χ3v) is 2.72. The van der Waals surface area contributed by atoms with Crippen LogP contribution in [0.4, 0.5) is 4.79 Å². The molecule has 0 bridgehead atoms. The highest BCUT2D eigenvalue weighted by atomic mass is 16.6. The Labute approximate surface area is 122 Å². The number of ether oxygens (including phenoxy) is 1. The number of hydrogen-bond acceptors (Lipinski definition) is 3. The van der Waals surface area contributed by atoms with Crippen LogP contribution in [0.2, 0.25) is 0 Å². The largest absolute Gasteiger partial charge is 0.444 e. The van der Waals surface area contributed by atoms with Crippen LogP contribution >= 0.6 is 0 Å². The summed E-state index contributed by atoms with van der Waals surface area (Å²) in [7, 11) is 0. The van der Waals surface area contributed by atoms with Crippen LogP contribution in [0.1, 0.15) is 61.3 Å². The predicted molar refractivity (Wildman–Crippen MR) is 80.5 cm³/mol. The minimum atomic E-state index is -0.570. The summed E-state index contributed by atoms with van der Waals surface area (Å²) in [5, 5.41) is 5.55. The molecule has 0 spiro atoms. The van der Waals surface area contributed by atoms with E-state index in [2.05, 4.69) is 10.6 Å². The molecule has 5 heteroatoms. The van der Waals surface area contributed by atoms with Gasteiger partial charge in [0.25, 0.3) is 0 Å². The summed E-state index contributed by atoms with van der Waals surface area (Å²) in [6, 6.07) is -0.462.